The number of carbonyl (C=O) groups excluding carboxylic acids is 1. The number of ether oxygens (including phenoxy) is 1. The number of piperidine rings is 1. The zero-order chi connectivity index (χ0) is 17.8. The fourth-order valence-electron chi connectivity index (χ4n) is 2.71. The molecule has 1 aliphatic heterocycles. The molecule has 0 saturated carbocycles. The van der Waals surface area contributed by atoms with E-state index in [9.17, 15) is 14.0 Å². The fourth-order valence-corrected chi connectivity index (χ4v) is 2.71. The summed E-state index contributed by atoms with van der Waals surface area (Å²) in [7, 11) is 0. The van der Waals surface area contributed by atoms with E-state index in [4.69, 9.17) is 9.84 Å². The number of nitrogens with zero attached hydrogens (tertiary/aromatic N) is 2. The van der Waals surface area contributed by atoms with Gasteiger partial charge in [-0.05, 0) is 36.4 Å². The van der Waals surface area contributed by atoms with Crippen LogP contribution in [-0.4, -0.2) is 46.1 Å². The van der Waals surface area contributed by atoms with Crippen LogP contribution in [0.3, 0.4) is 0 Å². The molecule has 7 heteroatoms. The Balaban J connectivity index is 1.55. The highest BCUT2D eigenvalue weighted by molar-refractivity contribution is 5.95. The number of hydrogen-bond acceptors (Lipinski definition) is 4. The zero-order valence-corrected chi connectivity index (χ0v) is 13.4. The van der Waals surface area contributed by atoms with Crippen LogP contribution in [0.15, 0.2) is 42.6 Å². The molecule has 6 nitrogen and oxygen atoms in total. The van der Waals surface area contributed by atoms with E-state index in [1.54, 1.807) is 17.0 Å². The number of carbonyl (C=O) groups is 2. The van der Waals surface area contributed by atoms with E-state index >= 15 is 0 Å². The molecule has 1 aromatic carbocycles. The highest BCUT2D eigenvalue weighted by atomic mass is 19.1. The second-order valence-corrected chi connectivity index (χ2v) is 5.80. The van der Waals surface area contributed by atoms with Crippen LogP contribution in [0.25, 0.3) is 0 Å². The summed E-state index contributed by atoms with van der Waals surface area (Å²) in [6.07, 6.45) is 2.60. The topological polar surface area (TPSA) is 79.7 Å². The summed E-state index contributed by atoms with van der Waals surface area (Å²) in [4.78, 5) is 28.7. The van der Waals surface area contributed by atoms with Crippen LogP contribution < -0.4 is 4.74 Å². The number of halogens is 1. The van der Waals surface area contributed by atoms with Crippen LogP contribution in [0.4, 0.5) is 4.39 Å². The molecule has 2 heterocycles. The molecule has 1 N–H and O–H groups in total. The second kappa shape index (κ2) is 7.29. The average molecular weight is 344 g/mol. The Labute approximate surface area is 143 Å². The SMILES string of the molecule is O=C(O)c1ccc(C(=O)N2CCC(Oc3ccc(F)cc3)CC2)cn1. The van der Waals surface area contributed by atoms with Gasteiger partial charge in [-0.2, -0.15) is 0 Å². The number of amides is 1. The Kier molecular flexibility index (Phi) is 4.92. The van der Waals surface area contributed by atoms with Crippen molar-refractivity contribution < 1.29 is 23.8 Å². The first kappa shape index (κ1) is 16.9. The van der Waals surface area contributed by atoms with E-state index in [0.717, 1.165) is 0 Å². The minimum Gasteiger partial charge on any atom is -0.490 e. The lowest BCUT2D eigenvalue weighted by atomic mass is 10.1. The Hall–Kier alpha value is -2.96. The van der Waals surface area contributed by atoms with Crippen LogP contribution in [-0.2, 0) is 0 Å². The number of carboxylic acid groups (broad SMARTS) is 1. The molecule has 25 heavy (non-hydrogen) atoms. The van der Waals surface area contributed by atoms with Crippen LogP contribution >= 0.6 is 0 Å². The number of benzene rings is 1. The Morgan fingerprint density at radius 1 is 1.12 bits per heavy atom. The van der Waals surface area contributed by atoms with E-state index in [1.165, 1.54) is 30.5 Å². The molecule has 1 aliphatic rings. The molecule has 0 unspecified atom stereocenters. The van der Waals surface area contributed by atoms with Crippen LogP contribution in [0.1, 0.15) is 33.7 Å². The normalized spacial score (nSPS) is 15.0. The first-order valence-corrected chi connectivity index (χ1v) is 7.94. The molecular weight excluding hydrogens is 327 g/mol. The van der Waals surface area contributed by atoms with Crippen molar-refractivity contribution in [2.75, 3.05) is 13.1 Å². The van der Waals surface area contributed by atoms with Crippen molar-refractivity contribution in [2.45, 2.75) is 18.9 Å². The minimum absolute atomic E-state index is 0.0259. The molecule has 1 fully saturated rings. The third-order valence-corrected chi connectivity index (χ3v) is 4.08. The second-order valence-electron chi connectivity index (χ2n) is 5.80. The van der Waals surface area contributed by atoms with Gasteiger partial charge >= 0.3 is 5.97 Å². The van der Waals surface area contributed by atoms with E-state index in [0.29, 0.717) is 37.2 Å². The Bertz CT molecular complexity index is 754. The summed E-state index contributed by atoms with van der Waals surface area (Å²) in [5.74, 6) is -1.00. The summed E-state index contributed by atoms with van der Waals surface area (Å²) in [5.41, 5.74) is 0.269. The molecule has 0 atom stereocenters. The number of pyridine rings is 1. The summed E-state index contributed by atoms with van der Waals surface area (Å²) in [6, 6.07) is 8.66. The molecule has 3 rings (SSSR count). The van der Waals surface area contributed by atoms with Crippen molar-refractivity contribution in [1.29, 1.82) is 0 Å². The van der Waals surface area contributed by atoms with Crippen molar-refractivity contribution in [3.8, 4) is 5.75 Å². The molecule has 130 valence electrons. The number of hydrogen-bond donors (Lipinski definition) is 1. The van der Waals surface area contributed by atoms with Gasteiger partial charge in [0.15, 0.2) is 0 Å². The van der Waals surface area contributed by atoms with Crippen LogP contribution in [0.5, 0.6) is 5.75 Å². The summed E-state index contributed by atoms with van der Waals surface area (Å²) in [6.45, 7) is 1.07. The summed E-state index contributed by atoms with van der Waals surface area (Å²) in [5, 5.41) is 8.84. The largest absolute Gasteiger partial charge is 0.490 e. The number of aromatic nitrogens is 1. The van der Waals surface area contributed by atoms with Gasteiger partial charge < -0.3 is 14.7 Å². The number of rotatable bonds is 4. The van der Waals surface area contributed by atoms with Crippen LogP contribution in [0.2, 0.25) is 0 Å². The number of aromatic carboxylic acids is 1. The molecule has 0 radical (unpaired) electrons. The lowest BCUT2D eigenvalue weighted by molar-refractivity contribution is 0.0592. The van der Waals surface area contributed by atoms with E-state index in [-0.39, 0.29) is 23.5 Å². The number of likely N-dealkylation sites (tertiary alicyclic amines) is 1. The standard InChI is InChI=1S/C18H17FN2O4/c19-13-2-4-14(5-3-13)25-15-7-9-21(10-8-15)17(22)12-1-6-16(18(23)24)20-11-12/h1-6,11,15H,7-10H2,(H,23,24). The molecule has 0 aliphatic carbocycles. The van der Waals surface area contributed by atoms with Gasteiger partial charge in [0.25, 0.3) is 5.91 Å². The first-order chi connectivity index (χ1) is 12.0. The van der Waals surface area contributed by atoms with Crippen molar-refractivity contribution in [3.05, 3.63) is 59.7 Å². The molecule has 2 aromatic rings. The van der Waals surface area contributed by atoms with Gasteiger partial charge in [-0.25, -0.2) is 14.2 Å². The highest BCUT2D eigenvalue weighted by Crippen LogP contribution is 2.20. The lowest BCUT2D eigenvalue weighted by Gasteiger charge is -2.32. The molecule has 1 aromatic heterocycles. The van der Waals surface area contributed by atoms with Crippen molar-refractivity contribution in [2.24, 2.45) is 0 Å². The fraction of sp³-hybridized carbons (Fsp3) is 0.278. The predicted molar refractivity (Wildman–Crippen MR) is 87.1 cm³/mol. The maximum Gasteiger partial charge on any atom is 0.354 e. The zero-order valence-electron chi connectivity index (χ0n) is 13.4. The maximum absolute atomic E-state index is 12.9. The monoisotopic (exact) mass is 344 g/mol. The highest BCUT2D eigenvalue weighted by Gasteiger charge is 2.25. The molecule has 1 amide bonds. The van der Waals surface area contributed by atoms with E-state index in [1.807, 2.05) is 0 Å². The van der Waals surface area contributed by atoms with E-state index < -0.39 is 5.97 Å². The molecule has 0 spiro atoms. The summed E-state index contributed by atoms with van der Waals surface area (Å²) >= 11 is 0. The van der Waals surface area contributed by atoms with Gasteiger partial charge in [0.05, 0.1) is 5.56 Å². The van der Waals surface area contributed by atoms with Gasteiger partial charge in [0.2, 0.25) is 0 Å². The Morgan fingerprint density at radius 2 is 1.80 bits per heavy atom. The quantitative estimate of drug-likeness (QED) is 0.922. The van der Waals surface area contributed by atoms with Crippen LogP contribution in [0, 0.1) is 5.82 Å². The summed E-state index contributed by atoms with van der Waals surface area (Å²) < 4.78 is 18.7. The molecule has 1 saturated heterocycles. The predicted octanol–water partition coefficient (Wildman–Crippen LogP) is 2.60. The Morgan fingerprint density at radius 3 is 2.36 bits per heavy atom. The average Bonchev–Trinajstić information content (AvgIpc) is 2.64. The molecular formula is C18H17FN2O4. The van der Waals surface area contributed by atoms with Gasteiger partial charge in [0.1, 0.15) is 23.4 Å². The minimum atomic E-state index is -1.13. The van der Waals surface area contributed by atoms with Crippen molar-refractivity contribution in [3.63, 3.8) is 0 Å². The third kappa shape index (κ3) is 4.12. The van der Waals surface area contributed by atoms with Gasteiger partial charge in [-0.3, -0.25) is 4.79 Å². The van der Waals surface area contributed by atoms with E-state index in [2.05, 4.69) is 4.98 Å². The smallest absolute Gasteiger partial charge is 0.354 e. The first-order valence-electron chi connectivity index (χ1n) is 7.94. The van der Waals surface area contributed by atoms with Crippen molar-refractivity contribution in [1.82, 2.24) is 9.88 Å². The van der Waals surface area contributed by atoms with Gasteiger partial charge in [-0.1, -0.05) is 0 Å². The van der Waals surface area contributed by atoms with Crippen molar-refractivity contribution >= 4 is 11.9 Å². The molecule has 0 bridgehead atoms. The third-order valence-electron chi connectivity index (χ3n) is 4.08. The maximum atomic E-state index is 12.9. The van der Waals surface area contributed by atoms with Gasteiger partial charge in [-0.15, -0.1) is 0 Å². The number of carboxylic acids is 1. The lowest BCUT2D eigenvalue weighted by Crippen LogP contribution is -2.41. The van der Waals surface area contributed by atoms with Gasteiger partial charge in [0, 0.05) is 32.1 Å².